The number of amides is 1. The fraction of sp³-hybridized carbons (Fsp3) is 0.409. The number of ketones is 1. The Morgan fingerprint density at radius 3 is 2.64 bits per heavy atom. The van der Waals surface area contributed by atoms with E-state index in [2.05, 4.69) is 16.4 Å². The van der Waals surface area contributed by atoms with Gasteiger partial charge in [0.2, 0.25) is 0 Å². The van der Waals surface area contributed by atoms with Gasteiger partial charge in [0, 0.05) is 19.0 Å². The minimum absolute atomic E-state index is 0.00321. The van der Waals surface area contributed by atoms with Crippen LogP contribution in [0.25, 0.3) is 10.6 Å². The quantitative estimate of drug-likeness (QED) is 0.517. The van der Waals surface area contributed by atoms with Gasteiger partial charge in [0.1, 0.15) is 10.8 Å². The minimum Gasteiger partial charge on any atom is -0.484 e. The Labute approximate surface area is 169 Å². The molecule has 0 spiro atoms. The number of nitrogens with zero attached hydrogens (tertiary/aromatic N) is 1. The average molecular weight is 399 g/mol. The lowest BCUT2D eigenvalue weighted by Crippen LogP contribution is -2.29. The van der Waals surface area contributed by atoms with Gasteiger partial charge in [-0.25, -0.2) is 4.98 Å². The maximum absolute atomic E-state index is 12.0. The lowest BCUT2D eigenvalue weighted by Gasteiger charge is -2.13. The van der Waals surface area contributed by atoms with Crippen molar-refractivity contribution in [2.24, 2.45) is 0 Å². The molecule has 1 N–H and O–H groups in total. The van der Waals surface area contributed by atoms with E-state index in [-0.39, 0.29) is 18.3 Å². The van der Waals surface area contributed by atoms with E-state index in [1.807, 2.05) is 31.2 Å². The summed E-state index contributed by atoms with van der Waals surface area (Å²) in [6.45, 7) is 4.06. The number of aryl methyl sites for hydroxylation is 1. The number of hydrogen-bond acceptors (Lipinski definition) is 5. The monoisotopic (exact) mass is 398 g/mol. The van der Waals surface area contributed by atoms with E-state index in [1.54, 1.807) is 6.92 Å². The van der Waals surface area contributed by atoms with E-state index < -0.39 is 0 Å². The smallest absolute Gasteiger partial charge is 0.257 e. The highest BCUT2D eigenvalue weighted by atomic mass is 32.1. The molecule has 5 nitrogen and oxygen atoms in total. The van der Waals surface area contributed by atoms with Crippen LogP contribution < -0.4 is 10.1 Å². The molecular weight excluding hydrogens is 372 g/mol. The molecule has 2 aromatic rings. The van der Waals surface area contributed by atoms with Gasteiger partial charge in [0.05, 0.1) is 10.6 Å². The number of allylic oxidation sites excluding steroid dienone is 1. The molecule has 6 heteroatoms. The van der Waals surface area contributed by atoms with Crippen molar-refractivity contribution in [2.45, 2.75) is 46.0 Å². The summed E-state index contributed by atoms with van der Waals surface area (Å²) < 4.78 is 5.57. The summed E-state index contributed by atoms with van der Waals surface area (Å²) in [4.78, 5) is 28.7. The van der Waals surface area contributed by atoms with E-state index in [1.165, 1.54) is 36.2 Å². The molecule has 1 aliphatic carbocycles. The Hall–Kier alpha value is -2.47. The first-order valence-electron chi connectivity index (χ1n) is 9.69. The highest BCUT2D eigenvalue weighted by molar-refractivity contribution is 7.17. The van der Waals surface area contributed by atoms with Crippen LogP contribution in [0.5, 0.6) is 5.75 Å². The normalized spacial score (nSPS) is 13.7. The number of Topliss-reactive ketones (excluding diaryl/α,β-unsaturated/α-hetero) is 1. The molecule has 0 saturated heterocycles. The molecule has 1 aromatic carbocycles. The number of carbonyl (C=O) groups excluding carboxylic acids is 2. The summed E-state index contributed by atoms with van der Waals surface area (Å²) in [6.07, 6.45) is 8.09. The van der Waals surface area contributed by atoms with Gasteiger partial charge in [-0.15, -0.1) is 11.3 Å². The molecule has 0 bridgehead atoms. The largest absolute Gasteiger partial charge is 0.484 e. The summed E-state index contributed by atoms with van der Waals surface area (Å²) in [5.74, 6) is 0.558. The molecule has 1 aromatic heterocycles. The van der Waals surface area contributed by atoms with E-state index in [9.17, 15) is 9.59 Å². The molecule has 0 atom stereocenters. The van der Waals surface area contributed by atoms with Gasteiger partial charge < -0.3 is 10.1 Å². The van der Waals surface area contributed by atoms with Gasteiger partial charge in [-0.05, 0) is 63.3 Å². The van der Waals surface area contributed by atoms with Crippen LogP contribution in [0.15, 0.2) is 35.9 Å². The topological polar surface area (TPSA) is 68.3 Å². The molecule has 28 heavy (non-hydrogen) atoms. The Kier molecular flexibility index (Phi) is 6.98. The molecule has 0 radical (unpaired) electrons. The van der Waals surface area contributed by atoms with E-state index in [0.29, 0.717) is 17.2 Å². The highest BCUT2D eigenvalue weighted by Crippen LogP contribution is 2.29. The van der Waals surface area contributed by atoms with Crippen molar-refractivity contribution in [1.29, 1.82) is 0 Å². The lowest BCUT2D eigenvalue weighted by atomic mass is 9.97. The second-order valence-electron chi connectivity index (χ2n) is 7.01. The second-order valence-corrected chi connectivity index (χ2v) is 8.01. The first-order chi connectivity index (χ1) is 13.5. The fourth-order valence-corrected chi connectivity index (χ4v) is 4.20. The molecule has 0 unspecified atom stereocenters. The van der Waals surface area contributed by atoms with Crippen molar-refractivity contribution in [3.63, 3.8) is 0 Å². The van der Waals surface area contributed by atoms with Crippen molar-refractivity contribution < 1.29 is 14.3 Å². The molecule has 1 heterocycles. The zero-order valence-electron chi connectivity index (χ0n) is 16.4. The Morgan fingerprint density at radius 2 is 2.00 bits per heavy atom. The van der Waals surface area contributed by atoms with Crippen molar-refractivity contribution in [3.8, 4) is 16.3 Å². The summed E-state index contributed by atoms with van der Waals surface area (Å²) in [6, 6.07) is 7.43. The molecule has 0 saturated carbocycles. The molecule has 0 aliphatic heterocycles. The third-order valence-electron chi connectivity index (χ3n) is 4.74. The summed E-state index contributed by atoms with van der Waals surface area (Å²) >= 11 is 1.40. The predicted octanol–water partition coefficient (Wildman–Crippen LogP) is 4.71. The van der Waals surface area contributed by atoms with Gasteiger partial charge in [-0.3, -0.25) is 9.59 Å². The fourth-order valence-electron chi connectivity index (χ4n) is 3.23. The molecule has 1 amide bonds. The van der Waals surface area contributed by atoms with Gasteiger partial charge in [-0.2, -0.15) is 0 Å². The van der Waals surface area contributed by atoms with Crippen LogP contribution in [0.4, 0.5) is 0 Å². The third kappa shape index (κ3) is 5.52. The Bertz CT molecular complexity index is 868. The standard InChI is InChI=1S/C22H26N2O3S/c1-15-21(16(2)25)28-22(24-15)18-8-10-19(11-9-18)27-14-20(26)23-13-12-17-6-4-3-5-7-17/h6,8-11H,3-5,7,12-14H2,1-2H3,(H,23,26). The molecule has 148 valence electrons. The summed E-state index contributed by atoms with van der Waals surface area (Å²) in [5, 5.41) is 3.72. The van der Waals surface area contributed by atoms with E-state index >= 15 is 0 Å². The van der Waals surface area contributed by atoms with Crippen LogP contribution in [0, 0.1) is 6.92 Å². The number of nitrogens with one attached hydrogen (secondary N) is 1. The molecule has 1 aliphatic rings. The maximum Gasteiger partial charge on any atom is 0.257 e. The minimum atomic E-state index is -0.109. The second kappa shape index (κ2) is 9.64. The number of hydrogen-bond donors (Lipinski definition) is 1. The average Bonchev–Trinajstić information content (AvgIpc) is 3.10. The molecular formula is C22H26N2O3S. The van der Waals surface area contributed by atoms with Gasteiger partial charge in [0.25, 0.3) is 5.91 Å². The van der Waals surface area contributed by atoms with Crippen LogP contribution in [0.1, 0.15) is 54.4 Å². The predicted molar refractivity (Wildman–Crippen MR) is 112 cm³/mol. The zero-order chi connectivity index (χ0) is 19.9. The Morgan fingerprint density at radius 1 is 1.21 bits per heavy atom. The van der Waals surface area contributed by atoms with Crippen LogP contribution in [-0.4, -0.2) is 29.8 Å². The lowest BCUT2D eigenvalue weighted by molar-refractivity contribution is -0.123. The number of thiazole rings is 1. The number of ether oxygens (including phenoxy) is 1. The number of rotatable bonds is 8. The summed E-state index contributed by atoms with van der Waals surface area (Å²) in [5.41, 5.74) is 3.14. The van der Waals surface area contributed by atoms with E-state index in [0.717, 1.165) is 29.1 Å². The van der Waals surface area contributed by atoms with Gasteiger partial charge in [-0.1, -0.05) is 11.6 Å². The maximum atomic E-state index is 12.0. The first kappa shape index (κ1) is 20.3. The van der Waals surface area contributed by atoms with Crippen molar-refractivity contribution >= 4 is 23.0 Å². The van der Waals surface area contributed by atoms with Crippen molar-refractivity contribution in [3.05, 3.63) is 46.5 Å². The zero-order valence-corrected chi connectivity index (χ0v) is 17.2. The van der Waals surface area contributed by atoms with Crippen LogP contribution in [0.3, 0.4) is 0 Å². The van der Waals surface area contributed by atoms with E-state index in [4.69, 9.17) is 4.74 Å². The first-order valence-corrected chi connectivity index (χ1v) is 10.5. The third-order valence-corrected chi connectivity index (χ3v) is 6.05. The number of carbonyl (C=O) groups is 2. The molecule has 0 fully saturated rings. The van der Waals surface area contributed by atoms with Gasteiger partial charge in [0.15, 0.2) is 12.4 Å². The van der Waals surface area contributed by atoms with Crippen LogP contribution in [-0.2, 0) is 4.79 Å². The van der Waals surface area contributed by atoms with Crippen LogP contribution >= 0.6 is 11.3 Å². The summed E-state index contributed by atoms with van der Waals surface area (Å²) in [7, 11) is 0. The number of aromatic nitrogens is 1. The van der Waals surface area contributed by atoms with Crippen LogP contribution in [0.2, 0.25) is 0 Å². The van der Waals surface area contributed by atoms with Gasteiger partial charge >= 0.3 is 0 Å². The van der Waals surface area contributed by atoms with Crippen molar-refractivity contribution in [1.82, 2.24) is 10.3 Å². The Balaban J connectivity index is 1.46. The molecule has 3 rings (SSSR count). The highest BCUT2D eigenvalue weighted by Gasteiger charge is 2.13. The number of benzene rings is 1. The van der Waals surface area contributed by atoms with Crippen molar-refractivity contribution in [2.75, 3.05) is 13.2 Å². The SMILES string of the molecule is CC(=O)c1sc(-c2ccc(OCC(=O)NCCC3=CCCCC3)cc2)nc1C.